The number of carbonyl (C=O) groups excluding carboxylic acids is 4. The maximum atomic E-state index is 13.2. The highest BCUT2D eigenvalue weighted by Crippen LogP contribution is 2.42. The Hall–Kier alpha value is -4.24. The number of nitrogens with zero attached hydrogens (tertiary/aromatic N) is 2. The van der Waals surface area contributed by atoms with Crippen LogP contribution >= 0.6 is 15.9 Å². The zero-order valence-electron chi connectivity index (χ0n) is 22.7. The number of imide groups is 1. The Labute approximate surface area is 249 Å². The zero-order valence-corrected chi connectivity index (χ0v) is 24.3. The van der Waals surface area contributed by atoms with Gasteiger partial charge in [0.05, 0.1) is 34.3 Å². The van der Waals surface area contributed by atoms with E-state index in [0.29, 0.717) is 33.8 Å². The average molecular weight is 629 g/mol. The second kappa shape index (κ2) is 11.2. The quantitative estimate of drug-likeness (QED) is 0.133. The fourth-order valence-corrected chi connectivity index (χ4v) is 6.23. The van der Waals surface area contributed by atoms with Gasteiger partial charge in [-0.2, -0.15) is 0 Å². The van der Waals surface area contributed by atoms with Crippen molar-refractivity contribution < 1.29 is 28.3 Å². The van der Waals surface area contributed by atoms with Gasteiger partial charge in [0, 0.05) is 21.0 Å². The zero-order chi connectivity index (χ0) is 29.5. The van der Waals surface area contributed by atoms with Crippen molar-refractivity contribution in [3.05, 3.63) is 94.2 Å². The summed E-state index contributed by atoms with van der Waals surface area (Å²) in [6.07, 6.45) is 2.41. The molecule has 0 spiro atoms. The van der Waals surface area contributed by atoms with E-state index in [2.05, 4.69) is 22.9 Å². The van der Waals surface area contributed by atoms with E-state index in [-0.39, 0.29) is 34.8 Å². The molecule has 0 N–H and O–H groups in total. The average Bonchev–Trinajstić information content (AvgIpc) is 3.24. The van der Waals surface area contributed by atoms with E-state index in [0.717, 1.165) is 23.7 Å². The molecule has 1 aliphatic carbocycles. The lowest BCUT2D eigenvalue weighted by atomic mass is 9.76. The third-order valence-corrected chi connectivity index (χ3v) is 8.59. The van der Waals surface area contributed by atoms with Crippen molar-refractivity contribution in [1.29, 1.82) is 0 Å². The van der Waals surface area contributed by atoms with Crippen LogP contribution in [0, 0.1) is 23.6 Å². The summed E-state index contributed by atoms with van der Waals surface area (Å²) < 4.78 is 19.3. The van der Waals surface area contributed by atoms with Crippen molar-refractivity contribution in [2.24, 2.45) is 17.8 Å². The van der Waals surface area contributed by atoms with Crippen molar-refractivity contribution in [3.63, 3.8) is 0 Å². The largest absolute Gasteiger partial charge is 0.454 e. The highest BCUT2D eigenvalue weighted by molar-refractivity contribution is 9.10. The molecule has 3 aromatic carbocycles. The molecule has 3 unspecified atom stereocenters. The molecule has 212 valence electrons. The highest BCUT2D eigenvalue weighted by atomic mass is 79.9. The van der Waals surface area contributed by atoms with Gasteiger partial charge in [0.1, 0.15) is 5.82 Å². The minimum absolute atomic E-state index is 0.140. The van der Waals surface area contributed by atoms with Crippen molar-refractivity contribution in [3.8, 4) is 11.3 Å². The molecule has 2 aliphatic rings. The minimum atomic E-state index is -0.709. The smallest absolute Gasteiger partial charge is 0.339 e. The molecule has 1 saturated carbocycles. The van der Waals surface area contributed by atoms with Gasteiger partial charge in [-0.25, -0.2) is 14.2 Å². The minimum Gasteiger partial charge on any atom is -0.454 e. The number of amides is 2. The summed E-state index contributed by atoms with van der Waals surface area (Å²) in [6.45, 7) is 1.61. The maximum Gasteiger partial charge on any atom is 0.339 e. The lowest BCUT2D eigenvalue weighted by Gasteiger charge is -2.25. The number of esters is 1. The molecule has 2 amide bonds. The number of rotatable bonds is 6. The van der Waals surface area contributed by atoms with Crippen LogP contribution in [0.15, 0.2) is 77.3 Å². The first-order valence-electron chi connectivity index (χ1n) is 13.7. The molecule has 1 aliphatic heterocycles. The Morgan fingerprint density at radius 2 is 1.67 bits per heavy atom. The van der Waals surface area contributed by atoms with Gasteiger partial charge >= 0.3 is 5.97 Å². The summed E-state index contributed by atoms with van der Waals surface area (Å²) in [4.78, 5) is 58.1. The van der Waals surface area contributed by atoms with Gasteiger partial charge in [0.15, 0.2) is 12.4 Å². The predicted octanol–water partition coefficient (Wildman–Crippen LogP) is 6.77. The molecule has 42 heavy (non-hydrogen) atoms. The number of pyridine rings is 1. The Morgan fingerprint density at radius 3 is 2.40 bits per heavy atom. The van der Waals surface area contributed by atoms with E-state index in [1.807, 2.05) is 0 Å². The Morgan fingerprint density at radius 1 is 0.952 bits per heavy atom. The molecule has 3 atom stereocenters. The second-order valence-corrected chi connectivity index (χ2v) is 11.8. The van der Waals surface area contributed by atoms with E-state index in [9.17, 15) is 23.6 Å². The number of anilines is 1. The SMILES string of the molecule is CC1CCC2C(=O)N(c3ccc(-c4cc(C(=O)OCC(=O)c5ccc(F)cc5)c5cc(Br)ccc5n4)cc3)C(=O)C2C1. The summed E-state index contributed by atoms with van der Waals surface area (Å²) in [5.74, 6) is -2.00. The van der Waals surface area contributed by atoms with E-state index in [4.69, 9.17) is 9.72 Å². The number of carbonyl (C=O) groups is 4. The van der Waals surface area contributed by atoms with Crippen LogP contribution in [0.25, 0.3) is 22.2 Å². The van der Waals surface area contributed by atoms with Crippen LogP contribution in [-0.2, 0) is 14.3 Å². The van der Waals surface area contributed by atoms with Gasteiger partial charge in [0.2, 0.25) is 11.8 Å². The van der Waals surface area contributed by atoms with E-state index in [1.165, 1.54) is 29.2 Å². The molecular weight excluding hydrogens is 603 g/mol. The Balaban J connectivity index is 1.27. The number of hydrogen-bond acceptors (Lipinski definition) is 6. The van der Waals surface area contributed by atoms with Gasteiger partial charge in [-0.15, -0.1) is 0 Å². The van der Waals surface area contributed by atoms with Crippen molar-refractivity contribution in [2.75, 3.05) is 11.5 Å². The first-order valence-corrected chi connectivity index (χ1v) is 14.5. The number of aromatic nitrogens is 1. The molecule has 7 nitrogen and oxygen atoms in total. The number of Topliss-reactive ketones (excluding diaryl/α,β-unsaturated/α-hetero) is 1. The molecule has 1 aromatic heterocycles. The first-order chi connectivity index (χ1) is 20.2. The Bertz CT molecular complexity index is 1740. The topological polar surface area (TPSA) is 93.6 Å². The van der Waals surface area contributed by atoms with Gasteiger partial charge in [-0.3, -0.25) is 19.3 Å². The molecule has 2 heterocycles. The lowest BCUT2D eigenvalue weighted by Crippen LogP contribution is -2.30. The molecular formula is C33H26BrFN2O5. The third kappa shape index (κ3) is 5.25. The molecule has 0 bridgehead atoms. The van der Waals surface area contributed by atoms with Crippen LogP contribution in [0.3, 0.4) is 0 Å². The van der Waals surface area contributed by atoms with Gasteiger partial charge < -0.3 is 4.74 Å². The summed E-state index contributed by atoms with van der Waals surface area (Å²) in [5, 5.41) is 0.536. The molecule has 2 fully saturated rings. The molecule has 6 rings (SSSR count). The van der Waals surface area contributed by atoms with Gasteiger partial charge in [-0.1, -0.05) is 35.0 Å². The van der Waals surface area contributed by atoms with Crippen molar-refractivity contribution in [1.82, 2.24) is 4.98 Å². The summed E-state index contributed by atoms with van der Waals surface area (Å²) >= 11 is 3.43. The third-order valence-electron chi connectivity index (χ3n) is 8.10. The number of fused-ring (bicyclic) bond motifs is 2. The maximum absolute atomic E-state index is 13.2. The van der Waals surface area contributed by atoms with E-state index in [1.54, 1.807) is 48.5 Å². The van der Waals surface area contributed by atoms with Gasteiger partial charge in [0.25, 0.3) is 0 Å². The fourth-order valence-electron chi connectivity index (χ4n) is 5.87. The summed E-state index contributed by atoms with van der Waals surface area (Å²) in [5.41, 5.74) is 2.66. The van der Waals surface area contributed by atoms with Crippen LogP contribution in [0.5, 0.6) is 0 Å². The summed E-state index contributed by atoms with van der Waals surface area (Å²) in [7, 11) is 0. The number of ether oxygens (including phenoxy) is 1. The normalized spacial score (nSPS) is 20.1. The lowest BCUT2D eigenvalue weighted by molar-refractivity contribution is -0.122. The summed E-state index contributed by atoms with van der Waals surface area (Å²) in [6, 6.07) is 18.9. The number of ketones is 1. The van der Waals surface area contributed by atoms with Crippen LogP contribution < -0.4 is 4.90 Å². The molecule has 1 saturated heterocycles. The van der Waals surface area contributed by atoms with Crippen molar-refractivity contribution >= 4 is 56.1 Å². The van der Waals surface area contributed by atoms with Crippen LogP contribution in [-0.4, -0.2) is 35.2 Å². The van der Waals surface area contributed by atoms with Crippen LogP contribution in [0.4, 0.5) is 10.1 Å². The van der Waals surface area contributed by atoms with Gasteiger partial charge in [-0.05, 0) is 85.8 Å². The molecule has 0 radical (unpaired) electrons. The van der Waals surface area contributed by atoms with Crippen LogP contribution in [0.1, 0.15) is 46.9 Å². The number of hydrogen-bond donors (Lipinski definition) is 0. The van der Waals surface area contributed by atoms with Crippen molar-refractivity contribution in [2.45, 2.75) is 26.2 Å². The number of halogens is 2. The predicted molar refractivity (Wildman–Crippen MR) is 158 cm³/mol. The molecule has 9 heteroatoms. The second-order valence-electron chi connectivity index (χ2n) is 10.9. The highest BCUT2D eigenvalue weighted by Gasteiger charge is 2.49. The standard InChI is InChI=1S/C33H26BrFN2O5/c1-18-2-12-24-26(14-18)32(40)37(31(24)39)23-10-5-19(6-11-23)29-16-27(25-15-21(34)7-13-28(25)36-29)33(41)42-17-30(38)20-3-8-22(35)9-4-20/h3-11,13,15-16,18,24,26H,2,12,14,17H2,1H3. The first kappa shape index (κ1) is 27.9. The van der Waals surface area contributed by atoms with Crippen LogP contribution in [0.2, 0.25) is 0 Å². The molecule has 4 aromatic rings. The van der Waals surface area contributed by atoms with E-state index >= 15 is 0 Å². The monoisotopic (exact) mass is 628 g/mol. The van der Waals surface area contributed by atoms with E-state index < -0.39 is 24.2 Å². The number of benzene rings is 3. The fraction of sp³-hybridized carbons (Fsp3) is 0.242. The Kier molecular flexibility index (Phi) is 7.45.